The van der Waals surface area contributed by atoms with Gasteiger partial charge in [0.15, 0.2) is 0 Å². The molecule has 0 amide bonds. The fraction of sp³-hybridized carbons (Fsp3) is 0.278. The molecular formula is C18H18N2O7S. The number of hydrogen-bond acceptors (Lipinski definition) is 7. The number of esters is 1. The third-order valence-electron chi connectivity index (χ3n) is 4.19. The monoisotopic (exact) mass is 406 g/mol. The molecule has 1 aliphatic heterocycles. The van der Waals surface area contributed by atoms with Gasteiger partial charge in [-0.25, -0.2) is 13.2 Å². The van der Waals surface area contributed by atoms with Gasteiger partial charge in [-0.1, -0.05) is 12.1 Å². The number of nitro groups is 1. The first-order valence-corrected chi connectivity index (χ1v) is 9.90. The summed E-state index contributed by atoms with van der Waals surface area (Å²) in [6.45, 7) is 1.17. The maximum atomic E-state index is 12.7. The zero-order chi connectivity index (χ0) is 20.1. The lowest BCUT2D eigenvalue weighted by Crippen LogP contribution is -2.40. The van der Waals surface area contributed by atoms with Crippen molar-refractivity contribution in [1.82, 2.24) is 4.31 Å². The van der Waals surface area contributed by atoms with Gasteiger partial charge in [-0.15, -0.1) is 0 Å². The van der Waals surface area contributed by atoms with Crippen LogP contribution in [0.4, 0.5) is 5.69 Å². The van der Waals surface area contributed by atoms with Crippen LogP contribution in [0.25, 0.3) is 0 Å². The third-order valence-corrected chi connectivity index (χ3v) is 6.08. The lowest BCUT2D eigenvalue weighted by molar-refractivity contribution is -0.384. The number of nitrogens with zero attached hydrogens (tertiary/aromatic N) is 2. The lowest BCUT2D eigenvalue weighted by atomic mass is 10.2. The predicted octanol–water partition coefficient (Wildman–Crippen LogP) is 1.97. The van der Waals surface area contributed by atoms with E-state index >= 15 is 0 Å². The maximum absolute atomic E-state index is 12.7. The Morgan fingerprint density at radius 2 is 1.82 bits per heavy atom. The Kier molecular flexibility index (Phi) is 6.02. The molecule has 2 aromatic rings. The molecule has 3 rings (SSSR count). The highest BCUT2D eigenvalue weighted by Gasteiger charge is 2.26. The Bertz CT molecular complexity index is 968. The number of sulfonamides is 1. The van der Waals surface area contributed by atoms with Crippen LogP contribution in [0.2, 0.25) is 0 Å². The van der Waals surface area contributed by atoms with E-state index in [0.29, 0.717) is 31.9 Å². The van der Waals surface area contributed by atoms with Crippen molar-refractivity contribution in [2.45, 2.75) is 11.5 Å². The number of carbonyl (C=O) groups is 1. The minimum Gasteiger partial charge on any atom is -0.457 e. The molecule has 1 saturated heterocycles. The first-order chi connectivity index (χ1) is 13.4. The van der Waals surface area contributed by atoms with Crippen molar-refractivity contribution in [2.24, 2.45) is 0 Å². The number of benzene rings is 2. The number of non-ortho nitro benzene ring substituents is 1. The molecule has 0 radical (unpaired) electrons. The summed E-state index contributed by atoms with van der Waals surface area (Å²) in [6.07, 6.45) is 0. The quantitative estimate of drug-likeness (QED) is 0.409. The molecule has 0 spiro atoms. The van der Waals surface area contributed by atoms with Crippen molar-refractivity contribution in [3.8, 4) is 0 Å². The van der Waals surface area contributed by atoms with E-state index < -0.39 is 20.9 Å². The Morgan fingerprint density at radius 3 is 2.46 bits per heavy atom. The summed E-state index contributed by atoms with van der Waals surface area (Å²) in [4.78, 5) is 22.3. The second-order valence-electron chi connectivity index (χ2n) is 6.04. The normalized spacial score (nSPS) is 15.1. The molecule has 0 N–H and O–H groups in total. The van der Waals surface area contributed by atoms with E-state index in [1.165, 1.54) is 40.7 Å². The number of carbonyl (C=O) groups excluding carboxylic acids is 1. The molecule has 0 bridgehead atoms. The zero-order valence-corrected chi connectivity index (χ0v) is 15.6. The van der Waals surface area contributed by atoms with E-state index in [9.17, 15) is 23.3 Å². The van der Waals surface area contributed by atoms with Gasteiger partial charge in [0.1, 0.15) is 6.61 Å². The van der Waals surface area contributed by atoms with E-state index in [1.54, 1.807) is 12.1 Å². The van der Waals surface area contributed by atoms with Crippen molar-refractivity contribution in [1.29, 1.82) is 0 Å². The lowest BCUT2D eigenvalue weighted by Gasteiger charge is -2.26. The Morgan fingerprint density at radius 1 is 1.14 bits per heavy atom. The SMILES string of the molecule is O=C(OCc1cccc(S(=O)(=O)N2CCOCC2)c1)c1ccc([N+](=O)[O-])cc1. The van der Waals surface area contributed by atoms with Gasteiger partial charge in [0.2, 0.25) is 10.0 Å². The molecular weight excluding hydrogens is 388 g/mol. The summed E-state index contributed by atoms with van der Waals surface area (Å²) in [5.74, 6) is -0.656. The molecule has 2 aromatic carbocycles. The second-order valence-corrected chi connectivity index (χ2v) is 7.98. The molecule has 0 atom stereocenters. The average Bonchev–Trinajstić information content (AvgIpc) is 2.73. The molecule has 148 valence electrons. The molecule has 0 saturated carbocycles. The van der Waals surface area contributed by atoms with E-state index in [0.717, 1.165) is 0 Å². The summed E-state index contributed by atoms with van der Waals surface area (Å²) < 4.78 is 37.1. The number of hydrogen-bond donors (Lipinski definition) is 0. The van der Waals surface area contributed by atoms with Gasteiger partial charge >= 0.3 is 5.97 Å². The van der Waals surface area contributed by atoms with Crippen LogP contribution in [0.15, 0.2) is 53.4 Å². The molecule has 10 heteroatoms. The van der Waals surface area contributed by atoms with Crippen LogP contribution in [0.3, 0.4) is 0 Å². The van der Waals surface area contributed by atoms with Gasteiger partial charge in [-0.3, -0.25) is 10.1 Å². The van der Waals surface area contributed by atoms with Crippen molar-refractivity contribution in [3.05, 3.63) is 69.8 Å². The average molecular weight is 406 g/mol. The van der Waals surface area contributed by atoms with Crippen molar-refractivity contribution < 1.29 is 27.6 Å². The molecule has 1 heterocycles. The third kappa shape index (κ3) is 4.53. The summed E-state index contributed by atoms with van der Waals surface area (Å²) in [5, 5.41) is 10.6. The number of morpholine rings is 1. The zero-order valence-electron chi connectivity index (χ0n) is 14.8. The number of nitro benzene ring substituents is 1. The van der Waals surface area contributed by atoms with Crippen LogP contribution in [0, 0.1) is 10.1 Å². The first kappa shape index (κ1) is 19.9. The predicted molar refractivity (Wildman–Crippen MR) is 98.2 cm³/mol. The van der Waals surface area contributed by atoms with Gasteiger partial charge in [-0.05, 0) is 29.8 Å². The van der Waals surface area contributed by atoms with Crippen LogP contribution in [-0.4, -0.2) is 49.9 Å². The van der Waals surface area contributed by atoms with E-state index in [4.69, 9.17) is 9.47 Å². The smallest absolute Gasteiger partial charge is 0.338 e. The standard InChI is InChI=1S/C18H18N2O7S/c21-18(15-4-6-16(7-5-15)20(22)23)27-13-14-2-1-3-17(12-14)28(24,25)19-8-10-26-11-9-19/h1-7,12H,8-11,13H2. The molecule has 9 nitrogen and oxygen atoms in total. The van der Waals surface area contributed by atoms with Crippen LogP contribution in [-0.2, 0) is 26.1 Å². The molecule has 0 unspecified atom stereocenters. The molecule has 1 fully saturated rings. The molecule has 28 heavy (non-hydrogen) atoms. The van der Waals surface area contributed by atoms with Crippen molar-refractivity contribution in [3.63, 3.8) is 0 Å². The highest BCUT2D eigenvalue weighted by Crippen LogP contribution is 2.19. The highest BCUT2D eigenvalue weighted by atomic mass is 32.2. The first-order valence-electron chi connectivity index (χ1n) is 8.46. The van der Waals surface area contributed by atoms with E-state index in [-0.39, 0.29) is 22.8 Å². The number of ether oxygens (including phenoxy) is 2. The van der Waals surface area contributed by atoms with Crippen molar-refractivity contribution in [2.75, 3.05) is 26.3 Å². The Balaban J connectivity index is 1.67. The maximum Gasteiger partial charge on any atom is 0.338 e. The molecule has 0 aromatic heterocycles. The van der Waals surface area contributed by atoms with Crippen LogP contribution in [0.1, 0.15) is 15.9 Å². The van der Waals surface area contributed by atoms with Crippen LogP contribution in [0.5, 0.6) is 0 Å². The number of rotatable bonds is 6. The minimum atomic E-state index is -3.64. The summed E-state index contributed by atoms with van der Waals surface area (Å²) >= 11 is 0. The second kappa shape index (κ2) is 8.46. The van der Waals surface area contributed by atoms with E-state index in [1.807, 2.05) is 0 Å². The summed E-state index contributed by atoms with van der Waals surface area (Å²) in [7, 11) is -3.64. The van der Waals surface area contributed by atoms with Gasteiger partial charge in [0.25, 0.3) is 5.69 Å². The fourth-order valence-electron chi connectivity index (χ4n) is 2.68. The van der Waals surface area contributed by atoms with Crippen molar-refractivity contribution >= 4 is 21.7 Å². The summed E-state index contributed by atoms with van der Waals surface area (Å²) in [5.41, 5.74) is 0.560. The van der Waals surface area contributed by atoms with Crippen LogP contribution < -0.4 is 0 Å². The minimum absolute atomic E-state index is 0.123. The van der Waals surface area contributed by atoms with E-state index in [2.05, 4.69) is 0 Å². The van der Waals surface area contributed by atoms with Crippen LogP contribution >= 0.6 is 0 Å². The Hall–Kier alpha value is -2.82. The highest BCUT2D eigenvalue weighted by molar-refractivity contribution is 7.89. The fourth-order valence-corrected chi connectivity index (χ4v) is 4.16. The van der Waals surface area contributed by atoms with Gasteiger partial charge < -0.3 is 9.47 Å². The topological polar surface area (TPSA) is 116 Å². The van der Waals surface area contributed by atoms with Gasteiger partial charge in [-0.2, -0.15) is 4.31 Å². The Labute approximate surface area is 161 Å². The van der Waals surface area contributed by atoms with Gasteiger partial charge in [0, 0.05) is 25.2 Å². The van der Waals surface area contributed by atoms with Gasteiger partial charge in [0.05, 0.1) is 28.6 Å². The molecule has 0 aliphatic carbocycles. The largest absolute Gasteiger partial charge is 0.457 e. The summed E-state index contributed by atoms with van der Waals surface area (Å²) in [6, 6.07) is 11.2. The molecule has 1 aliphatic rings.